The molecule has 0 saturated heterocycles. The molecule has 6 heteroatoms. The Morgan fingerprint density at radius 2 is 2.00 bits per heavy atom. The van der Waals surface area contributed by atoms with E-state index in [-0.39, 0.29) is 11.6 Å². The second-order valence-corrected chi connectivity index (χ2v) is 6.45. The molecule has 0 saturated carbocycles. The zero-order valence-electron chi connectivity index (χ0n) is 13.2. The first-order valence-electron chi connectivity index (χ1n) is 7.33. The second kappa shape index (κ2) is 6.34. The number of aromatic nitrogens is 2. The molecule has 2 aromatic heterocycles. The summed E-state index contributed by atoms with van der Waals surface area (Å²) in [7, 11) is 0. The first-order valence-corrected chi connectivity index (χ1v) is 8.21. The van der Waals surface area contributed by atoms with Gasteiger partial charge in [0.15, 0.2) is 10.8 Å². The van der Waals surface area contributed by atoms with E-state index in [2.05, 4.69) is 53.6 Å². The molecule has 0 fully saturated rings. The van der Waals surface area contributed by atoms with Gasteiger partial charge in [-0.2, -0.15) is 0 Å². The second-order valence-electron chi connectivity index (χ2n) is 5.59. The first-order chi connectivity index (χ1) is 11.0. The Hall–Kier alpha value is -2.47. The molecule has 23 heavy (non-hydrogen) atoms. The summed E-state index contributed by atoms with van der Waals surface area (Å²) in [5.74, 6) is 0.776. The van der Waals surface area contributed by atoms with Crippen molar-refractivity contribution in [3.63, 3.8) is 0 Å². The number of hydrogen-bond donors (Lipinski definition) is 1. The minimum atomic E-state index is -0.321. The highest BCUT2D eigenvalue weighted by atomic mass is 32.1. The molecule has 5 nitrogen and oxygen atoms in total. The molecule has 1 N–H and O–H groups in total. The fraction of sp³-hybridized carbons (Fsp3) is 0.235. The predicted molar refractivity (Wildman–Crippen MR) is 90.8 cm³/mol. The number of anilines is 1. The lowest BCUT2D eigenvalue weighted by atomic mass is 10.0. The summed E-state index contributed by atoms with van der Waals surface area (Å²) < 4.78 is 4.90. The van der Waals surface area contributed by atoms with E-state index in [1.165, 1.54) is 16.9 Å². The minimum absolute atomic E-state index is 0.250. The minimum Gasteiger partial charge on any atom is -0.361 e. The Kier molecular flexibility index (Phi) is 4.25. The molecule has 0 atom stereocenters. The van der Waals surface area contributed by atoms with Crippen LogP contribution in [0.25, 0.3) is 11.3 Å². The standard InChI is InChI=1S/C17H17N3O2S/c1-10(2)12-4-6-13(7-5-12)15-9-23-17(18-15)19-16(21)14-8-11(3)22-20-14/h4-10H,1-3H3,(H,18,19,21). The van der Waals surface area contributed by atoms with E-state index in [1.807, 2.05) is 5.38 Å². The molecule has 118 valence electrons. The Balaban J connectivity index is 1.74. The van der Waals surface area contributed by atoms with Crippen LogP contribution in [0.4, 0.5) is 5.13 Å². The molecule has 1 amide bonds. The lowest BCUT2D eigenvalue weighted by Gasteiger charge is -2.05. The molecular weight excluding hydrogens is 310 g/mol. The van der Waals surface area contributed by atoms with Gasteiger partial charge in [0.05, 0.1) is 5.69 Å². The van der Waals surface area contributed by atoms with Crippen molar-refractivity contribution in [2.45, 2.75) is 26.7 Å². The number of carbonyl (C=O) groups excluding carboxylic acids is 1. The van der Waals surface area contributed by atoms with Gasteiger partial charge in [-0.15, -0.1) is 11.3 Å². The van der Waals surface area contributed by atoms with E-state index in [0.29, 0.717) is 16.8 Å². The summed E-state index contributed by atoms with van der Waals surface area (Å²) in [6.07, 6.45) is 0. The fourth-order valence-electron chi connectivity index (χ4n) is 2.14. The molecule has 0 radical (unpaired) electrons. The molecule has 3 rings (SSSR count). The number of amides is 1. The number of rotatable bonds is 4. The summed E-state index contributed by atoms with van der Waals surface area (Å²) in [5, 5.41) is 8.90. The molecular formula is C17H17N3O2S. The highest BCUT2D eigenvalue weighted by molar-refractivity contribution is 7.14. The number of aryl methyl sites for hydroxylation is 1. The van der Waals surface area contributed by atoms with Crippen molar-refractivity contribution in [3.05, 3.63) is 52.7 Å². The monoisotopic (exact) mass is 327 g/mol. The van der Waals surface area contributed by atoms with E-state index in [4.69, 9.17) is 4.52 Å². The molecule has 0 aliphatic rings. The summed E-state index contributed by atoms with van der Waals surface area (Å²) in [6, 6.07) is 9.91. The Bertz CT molecular complexity index is 818. The molecule has 1 aromatic carbocycles. The van der Waals surface area contributed by atoms with Crippen LogP contribution in [-0.4, -0.2) is 16.0 Å². The van der Waals surface area contributed by atoms with Gasteiger partial charge in [0.2, 0.25) is 0 Å². The third-order valence-corrected chi connectivity index (χ3v) is 4.22. The topological polar surface area (TPSA) is 68.0 Å². The van der Waals surface area contributed by atoms with Gasteiger partial charge in [-0.05, 0) is 18.4 Å². The Morgan fingerprint density at radius 1 is 1.26 bits per heavy atom. The SMILES string of the molecule is Cc1cc(C(=O)Nc2nc(-c3ccc(C(C)C)cc3)cs2)no1. The molecule has 0 unspecified atom stereocenters. The van der Waals surface area contributed by atoms with Crippen molar-refractivity contribution in [2.75, 3.05) is 5.32 Å². The maximum Gasteiger partial charge on any atom is 0.279 e. The zero-order chi connectivity index (χ0) is 16.4. The third-order valence-electron chi connectivity index (χ3n) is 3.46. The van der Waals surface area contributed by atoms with E-state index >= 15 is 0 Å². The van der Waals surface area contributed by atoms with Crippen LogP contribution in [-0.2, 0) is 0 Å². The molecule has 0 aliphatic carbocycles. The van der Waals surface area contributed by atoms with Crippen LogP contribution >= 0.6 is 11.3 Å². The summed E-state index contributed by atoms with van der Waals surface area (Å²) in [4.78, 5) is 16.5. The number of nitrogens with one attached hydrogen (secondary N) is 1. The zero-order valence-corrected chi connectivity index (χ0v) is 14.0. The fourth-order valence-corrected chi connectivity index (χ4v) is 2.85. The van der Waals surface area contributed by atoms with Crippen molar-refractivity contribution < 1.29 is 9.32 Å². The van der Waals surface area contributed by atoms with E-state index in [1.54, 1.807) is 13.0 Å². The summed E-state index contributed by atoms with van der Waals surface area (Å²) in [6.45, 7) is 6.07. The van der Waals surface area contributed by atoms with Gasteiger partial charge in [-0.1, -0.05) is 43.3 Å². The quantitative estimate of drug-likeness (QED) is 0.767. The average molecular weight is 327 g/mol. The van der Waals surface area contributed by atoms with Gasteiger partial charge in [0.25, 0.3) is 5.91 Å². The number of nitrogens with zero attached hydrogens (tertiary/aromatic N) is 2. The number of thiazole rings is 1. The summed E-state index contributed by atoms with van der Waals surface area (Å²) >= 11 is 1.38. The summed E-state index contributed by atoms with van der Waals surface area (Å²) in [5.41, 5.74) is 3.42. The number of carbonyl (C=O) groups is 1. The number of benzene rings is 1. The van der Waals surface area contributed by atoms with E-state index in [9.17, 15) is 4.79 Å². The normalized spacial score (nSPS) is 11.0. The largest absolute Gasteiger partial charge is 0.361 e. The molecule has 0 aliphatic heterocycles. The Morgan fingerprint density at radius 3 is 2.61 bits per heavy atom. The van der Waals surface area contributed by atoms with Crippen LogP contribution in [0.2, 0.25) is 0 Å². The van der Waals surface area contributed by atoms with Crippen LogP contribution < -0.4 is 5.32 Å². The maximum atomic E-state index is 12.0. The molecule has 0 spiro atoms. The van der Waals surface area contributed by atoms with E-state index < -0.39 is 0 Å². The van der Waals surface area contributed by atoms with Crippen LogP contribution in [0, 0.1) is 6.92 Å². The lowest BCUT2D eigenvalue weighted by molar-refractivity contribution is 0.101. The number of hydrogen-bond acceptors (Lipinski definition) is 5. The van der Waals surface area contributed by atoms with Gasteiger partial charge < -0.3 is 4.52 Å². The smallest absolute Gasteiger partial charge is 0.279 e. The predicted octanol–water partition coefficient (Wildman–Crippen LogP) is 4.48. The van der Waals surface area contributed by atoms with Gasteiger partial charge in [0.1, 0.15) is 5.76 Å². The van der Waals surface area contributed by atoms with Gasteiger partial charge >= 0.3 is 0 Å². The highest BCUT2D eigenvalue weighted by Gasteiger charge is 2.13. The van der Waals surface area contributed by atoms with Gasteiger partial charge in [-0.3, -0.25) is 10.1 Å². The van der Waals surface area contributed by atoms with Crippen LogP contribution in [0.1, 0.15) is 41.6 Å². The van der Waals surface area contributed by atoms with Crippen LogP contribution in [0.15, 0.2) is 40.2 Å². The van der Waals surface area contributed by atoms with Crippen molar-refractivity contribution in [3.8, 4) is 11.3 Å². The van der Waals surface area contributed by atoms with Crippen molar-refractivity contribution in [2.24, 2.45) is 0 Å². The molecule has 0 bridgehead atoms. The van der Waals surface area contributed by atoms with Gasteiger partial charge in [0, 0.05) is 17.0 Å². The van der Waals surface area contributed by atoms with E-state index in [0.717, 1.165) is 11.3 Å². The van der Waals surface area contributed by atoms with Crippen molar-refractivity contribution >= 4 is 22.4 Å². The highest BCUT2D eigenvalue weighted by Crippen LogP contribution is 2.26. The van der Waals surface area contributed by atoms with Crippen molar-refractivity contribution in [1.82, 2.24) is 10.1 Å². The van der Waals surface area contributed by atoms with Gasteiger partial charge in [-0.25, -0.2) is 4.98 Å². The van der Waals surface area contributed by atoms with Crippen molar-refractivity contribution in [1.29, 1.82) is 0 Å². The Labute approximate surface area is 138 Å². The molecule has 2 heterocycles. The van der Waals surface area contributed by atoms with Crippen LogP contribution in [0.5, 0.6) is 0 Å². The maximum absolute atomic E-state index is 12.0. The first kappa shape index (κ1) is 15.4. The van der Waals surface area contributed by atoms with Crippen LogP contribution in [0.3, 0.4) is 0 Å². The molecule has 3 aromatic rings. The third kappa shape index (κ3) is 3.48. The lowest BCUT2D eigenvalue weighted by Crippen LogP contribution is -2.11. The average Bonchev–Trinajstić information content (AvgIpc) is 3.16.